The van der Waals surface area contributed by atoms with Crippen LogP contribution in [0, 0.1) is 0 Å². The van der Waals surface area contributed by atoms with Crippen LogP contribution in [0.2, 0.25) is 0 Å². The van der Waals surface area contributed by atoms with Crippen molar-refractivity contribution in [3.8, 4) is 5.75 Å². The van der Waals surface area contributed by atoms with E-state index in [0.717, 1.165) is 5.56 Å². The SMILES string of the molecule is COc1ccc2c(c1)CC[C@@H](F)C2=O. The minimum atomic E-state index is -1.32. The van der Waals surface area contributed by atoms with Crippen LogP contribution < -0.4 is 4.74 Å². The van der Waals surface area contributed by atoms with Crippen molar-refractivity contribution in [1.29, 1.82) is 0 Å². The van der Waals surface area contributed by atoms with E-state index in [9.17, 15) is 9.18 Å². The number of fused-ring (bicyclic) bond motifs is 1. The Bertz CT molecular complexity index is 374. The first-order valence-corrected chi connectivity index (χ1v) is 4.57. The molecule has 1 atom stereocenters. The van der Waals surface area contributed by atoms with Gasteiger partial charge in [-0.1, -0.05) is 0 Å². The zero-order valence-electron chi connectivity index (χ0n) is 7.92. The highest BCUT2D eigenvalue weighted by Gasteiger charge is 2.26. The first-order chi connectivity index (χ1) is 6.72. The first-order valence-electron chi connectivity index (χ1n) is 4.57. The lowest BCUT2D eigenvalue weighted by Crippen LogP contribution is -2.23. The maximum absolute atomic E-state index is 13.1. The maximum Gasteiger partial charge on any atom is 0.197 e. The summed E-state index contributed by atoms with van der Waals surface area (Å²) in [6.45, 7) is 0. The number of halogens is 1. The van der Waals surface area contributed by atoms with Crippen molar-refractivity contribution >= 4 is 5.78 Å². The fourth-order valence-corrected chi connectivity index (χ4v) is 1.73. The predicted octanol–water partition coefficient (Wildman–Crippen LogP) is 2.16. The van der Waals surface area contributed by atoms with E-state index in [1.54, 1.807) is 25.3 Å². The van der Waals surface area contributed by atoms with Gasteiger partial charge in [0.2, 0.25) is 0 Å². The number of benzene rings is 1. The number of ketones is 1. The number of carbonyl (C=O) groups is 1. The maximum atomic E-state index is 13.1. The number of Topliss-reactive ketones (excluding diaryl/α,β-unsaturated/α-hetero) is 1. The lowest BCUT2D eigenvalue weighted by Gasteiger charge is -2.18. The van der Waals surface area contributed by atoms with Gasteiger partial charge >= 0.3 is 0 Å². The Labute approximate surface area is 81.7 Å². The van der Waals surface area contributed by atoms with Crippen LogP contribution in [0.5, 0.6) is 5.75 Å². The van der Waals surface area contributed by atoms with Crippen molar-refractivity contribution in [3.05, 3.63) is 29.3 Å². The van der Waals surface area contributed by atoms with Gasteiger partial charge in [0.1, 0.15) is 5.75 Å². The predicted molar refractivity (Wildman–Crippen MR) is 50.5 cm³/mol. The fraction of sp³-hybridized carbons (Fsp3) is 0.364. The second-order valence-electron chi connectivity index (χ2n) is 3.39. The minimum Gasteiger partial charge on any atom is -0.497 e. The van der Waals surface area contributed by atoms with Gasteiger partial charge in [0.05, 0.1) is 7.11 Å². The highest BCUT2D eigenvalue weighted by molar-refractivity contribution is 6.01. The van der Waals surface area contributed by atoms with Gasteiger partial charge in [0.25, 0.3) is 0 Å². The average Bonchev–Trinajstić information content (AvgIpc) is 2.23. The second-order valence-corrected chi connectivity index (χ2v) is 3.39. The average molecular weight is 194 g/mol. The molecule has 0 saturated carbocycles. The standard InChI is InChI=1S/C11H11FO2/c1-14-8-3-4-9-7(6-8)2-5-10(12)11(9)13/h3-4,6,10H,2,5H2,1H3/t10-/m1/s1. The van der Waals surface area contributed by atoms with Crippen LogP contribution in [0.3, 0.4) is 0 Å². The van der Waals surface area contributed by atoms with Crippen LogP contribution in [0.1, 0.15) is 22.3 Å². The molecule has 0 N–H and O–H groups in total. The third-order valence-electron chi connectivity index (χ3n) is 2.53. The van der Waals surface area contributed by atoms with E-state index >= 15 is 0 Å². The van der Waals surface area contributed by atoms with Crippen LogP contribution >= 0.6 is 0 Å². The van der Waals surface area contributed by atoms with Gasteiger partial charge in [-0.15, -0.1) is 0 Å². The number of alkyl halides is 1. The second kappa shape index (κ2) is 3.40. The third-order valence-corrected chi connectivity index (χ3v) is 2.53. The normalized spacial score (nSPS) is 20.4. The van der Waals surface area contributed by atoms with Crippen molar-refractivity contribution in [2.45, 2.75) is 19.0 Å². The Hall–Kier alpha value is -1.38. The summed E-state index contributed by atoms with van der Waals surface area (Å²) in [4.78, 5) is 11.4. The van der Waals surface area contributed by atoms with Crippen molar-refractivity contribution in [2.24, 2.45) is 0 Å². The van der Waals surface area contributed by atoms with E-state index in [1.807, 2.05) is 0 Å². The Morgan fingerprint density at radius 2 is 2.29 bits per heavy atom. The summed E-state index contributed by atoms with van der Waals surface area (Å²) < 4.78 is 18.1. The Kier molecular flexibility index (Phi) is 2.23. The lowest BCUT2D eigenvalue weighted by atomic mass is 9.89. The molecule has 3 heteroatoms. The molecule has 0 bridgehead atoms. The smallest absolute Gasteiger partial charge is 0.197 e. The highest BCUT2D eigenvalue weighted by atomic mass is 19.1. The molecule has 0 heterocycles. The van der Waals surface area contributed by atoms with Gasteiger partial charge in [-0.3, -0.25) is 4.79 Å². The minimum absolute atomic E-state index is 0.291. The molecule has 2 nitrogen and oxygen atoms in total. The molecule has 0 spiro atoms. The summed E-state index contributed by atoms with van der Waals surface area (Å²) in [6, 6.07) is 5.14. The molecule has 1 aromatic carbocycles. The molecular weight excluding hydrogens is 183 g/mol. The summed E-state index contributed by atoms with van der Waals surface area (Å²) in [5, 5.41) is 0. The molecule has 14 heavy (non-hydrogen) atoms. The van der Waals surface area contributed by atoms with E-state index in [0.29, 0.717) is 24.2 Å². The molecule has 0 unspecified atom stereocenters. The lowest BCUT2D eigenvalue weighted by molar-refractivity contribution is 0.0856. The van der Waals surface area contributed by atoms with Gasteiger partial charge in [-0.25, -0.2) is 4.39 Å². The van der Waals surface area contributed by atoms with E-state index in [-0.39, 0.29) is 0 Å². The number of aryl methyl sites for hydroxylation is 1. The molecule has 1 aliphatic rings. The largest absolute Gasteiger partial charge is 0.497 e. The summed E-state index contributed by atoms with van der Waals surface area (Å²) in [5.74, 6) is 0.322. The summed E-state index contributed by atoms with van der Waals surface area (Å²) in [6.07, 6.45) is -0.422. The van der Waals surface area contributed by atoms with Crippen LogP contribution in [0.4, 0.5) is 4.39 Å². The molecule has 0 radical (unpaired) electrons. The van der Waals surface area contributed by atoms with Gasteiger partial charge in [-0.05, 0) is 36.6 Å². The van der Waals surface area contributed by atoms with E-state index in [2.05, 4.69) is 0 Å². The summed E-state index contributed by atoms with van der Waals surface area (Å²) >= 11 is 0. The Morgan fingerprint density at radius 3 is 3.00 bits per heavy atom. The molecule has 0 saturated heterocycles. The van der Waals surface area contributed by atoms with Crippen molar-refractivity contribution in [3.63, 3.8) is 0 Å². The summed E-state index contributed by atoms with van der Waals surface area (Å²) in [5.41, 5.74) is 1.40. The fourth-order valence-electron chi connectivity index (χ4n) is 1.73. The molecular formula is C11H11FO2. The summed E-state index contributed by atoms with van der Waals surface area (Å²) in [7, 11) is 1.57. The van der Waals surface area contributed by atoms with Gasteiger partial charge < -0.3 is 4.74 Å². The van der Waals surface area contributed by atoms with Gasteiger partial charge in [0.15, 0.2) is 12.0 Å². The third kappa shape index (κ3) is 1.39. The number of rotatable bonds is 1. The Balaban J connectivity index is 2.44. The Morgan fingerprint density at radius 1 is 1.50 bits per heavy atom. The number of hydrogen-bond acceptors (Lipinski definition) is 2. The highest BCUT2D eigenvalue weighted by Crippen LogP contribution is 2.26. The number of ether oxygens (including phenoxy) is 1. The number of carbonyl (C=O) groups excluding carboxylic acids is 1. The monoisotopic (exact) mass is 194 g/mol. The topological polar surface area (TPSA) is 26.3 Å². The molecule has 0 aromatic heterocycles. The number of hydrogen-bond donors (Lipinski definition) is 0. The number of methoxy groups -OCH3 is 1. The molecule has 1 aromatic rings. The van der Waals surface area contributed by atoms with Crippen LogP contribution in [-0.4, -0.2) is 19.1 Å². The quantitative estimate of drug-likeness (QED) is 0.684. The van der Waals surface area contributed by atoms with E-state index < -0.39 is 12.0 Å². The van der Waals surface area contributed by atoms with Crippen molar-refractivity contribution in [2.75, 3.05) is 7.11 Å². The van der Waals surface area contributed by atoms with Gasteiger partial charge in [0, 0.05) is 5.56 Å². The van der Waals surface area contributed by atoms with E-state index in [4.69, 9.17) is 4.74 Å². The molecule has 74 valence electrons. The molecule has 0 aliphatic heterocycles. The molecule has 1 aliphatic carbocycles. The molecule has 2 rings (SSSR count). The van der Waals surface area contributed by atoms with Crippen LogP contribution in [-0.2, 0) is 6.42 Å². The zero-order chi connectivity index (χ0) is 10.1. The van der Waals surface area contributed by atoms with Gasteiger partial charge in [-0.2, -0.15) is 0 Å². The zero-order valence-corrected chi connectivity index (χ0v) is 7.92. The van der Waals surface area contributed by atoms with Crippen LogP contribution in [0.15, 0.2) is 18.2 Å². The molecule has 0 fully saturated rings. The van der Waals surface area contributed by atoms with Crippen LogP contribution in [0.25, 0.3) is 0 Å². The van der Waals surface area contributed by atoms with E-state index in [1.165, 1.54) is 0 Å². The first kappa shape index (κ1) is 9.19. The molecule has 0 amide bonds. The van der Waals surface area contributed by atoms with Crippen molar-refractivity contribution in [1.82, 2.24) is 0 Å². The van der Waals surface area contributed by atoms with Crippen molar-refractivity contribution < 1.29 is 13.9 Å².